The summed E-state index contributed by atoms with van der Waals surface area (Å²) in [6.45, 7) is 4.14. The third kappa shape index (κ3) is 2.52. The molecule has 0 fully saturated rings. The highest BCUT2D eigenvalue weighted by Crippen LogP contribution is 2.19. The molecular weight excluding hydrogens is 178 g/mol. The highest BCUT2D eigenvalue weighted by molar-refractivity contribution is 7.80. The zero-order chi connectivity index (χ0) is 9.84. The van der Waals surface area contributed by atoms with Crippen molar-refractivity contribution in [1.29, 1.82) is 0 Å². The van der Waals surface area contributed by atoms with Gasteiger partial charge in [-0.2, -0.15) is 12.6 Å². The lowest BCUT2D eigenvalue weighted by Gasteiger charge is -2.06. The second-order valence-corrected chi connectivity index (χ2v) is 3.52. The minimum Gasteiger partial charge on any atom is -0.399 e. The Kier molecular flexibility index (Phi) is 3.43. The minimum absolute atomic E-state index is 0.767. The monoisotopic (exact) mass is 193 g/mol. The molecule has 0 heterocycles. The molecule has 0 aliphatic heterocycles. The van der Waals surface area contributed by atoms with Crippen LogP contribution in [0.5, 0.6) is 0 Å². The van der Waals surface area contributed by atoms with Gasteiger partial charge in [0.2, 0.25) is 0 Å². The summed E-state index contributed by atoms with van der Waals surface area (Å²) in [7, 11) is 0. The first-order valence-electron chi connectivity index (χ1n) is 4.29. The van der Waals surface area contributed by atoms with Gasteiger partial charge < -0.3 is 5.73 Å². The average molecular weight is 193 g/mol. The maximum absolute atomic E-state index is 5.72. The van der Waals surface area contributed by atoms with Gasteiger partial charge in [0.1, 0.15) is 0 Å². The molecule has 0 spiro atoms. The molecule has 2 heteroatoms. The molecule has 0 radical (unpaired) electrons. The number of aryl methyl sites for hydroxylation is 2. The zero-order valence-electron chi connectivity index (χ0n) is 8.04. The molecule has 0 bridgehead atoms. The highest BCUT2D eigenvalue weighted by Gasteiger charge is 1.99. The van der Waals surface area contributed by atoms with Gasteiger partial charge in [0.15, 0.2) is 0 Å². The molecule has 0 saturated carbocycles. The Morgan fingerprint density at radius 2 is 1.85 bits per heavy atom. The molecule has 1 rings (SSSR count). The predicted octanol–water partition coefficient (Wildman–Crippen LogP) is 2.83. The molecule has 0 aliphatic rings. The van der Waals surface area contributed by atoms with E-state index in [1.165, 1.54) is 16.7 Å². The molecule has 1 nitrogen and oxygen atoms in total. The predicted molar refractivity (Wildman–Crippen MR) is 63.2 cm³/mol. The van der Waals surface area contributed by atoms with Crippen molar-refractivity contribution in [2.24, 2.45) is 0 Å². The minimum atomic E-state index is 0.767. The van der Waals surface area contributed by atoms with Crippen LogP contribution in [0.4, 0.5) is 5.69 Å². The van der Waals surface area contributed by atoms with E-state index >= 15 is 0 Å². The summed E-state index contributed by atoms with van der Waals surface area (Å²) in [6.07, 6.45) is 4.13. The maximum Gasteiger partial charge on any atom is 0.0319 e. The van der Waals surface area contributed by atoms with E-state index in [-0.39, 0.29) is 0 Å². The van der Waals surface area contributed by atoms with Crippen molar-refractivity contribution in [3.63, 3.8) is 0 Å². The van der Waals surface area contributed by atoms with Crippen LogP contribution in [0, 0.1) is 13.8 Å². The Morgan fingerprint density at radius 1 is 1.31 bits per heavy atom. The standard InChI is InChI=1S/C11H15NS/c1-8-6-10(12)7-9(2)11(8)4-3-5-13/h3-4,6-7,13H,5,12H2,1-2H3. The lowest BCUT2D eigenvalue weighted by molar-refractivity contribution is 1.36. The SMILES string of the molecule is Cc1cc(N)cc(C)c1C=CCS. The van der Waals surface area contributed by atoms with Crippen molar-refractivity contribution >= 4 is 24.4 Å². The first-order valence-corrected chi connectivity index (χ1v) is 4.92. The number of hydrogen-bond acceptors (Lipinski definition) is 2. The lowest BCUT2D eigenvalue weighted by atomic mass is 10.0. The van der Waals surface area contributed by atoms with Crippen LogP contribution in [0.3, 0.4) is 0 Å². The molecule has 0 saturated heterocycles. The Bertz CT molecular complexity index is 306. The quantitative estimate of drug-likeness (QED) is 0.548. The summed E-state index contributed by atoms with van der Waals surface area (Å²) < 4.78 is 0. The van der Waals surface area contributed by atoms with Crippen molar-refractivity contribution in [3.05, 3.63) is 34.9 Å². The molecule has 1 aromatic carbocycles. The highest BCUT2D eigenvalue weighted by atomic mass is 32.1. The fraction of sp³-hybridized carbons (Fsp3) is 0.273. The van der Waals surface area contributed by atoms with Gasteiger partial charge in [-0.05, 0) is 42.7 Å². The zero-order valence-corrected chi connectivity index (χ0v) is 8.94. The Labute approximate surface area is 85.1 Å². The third-order valence-corrected chi connectivity index (χ3v) is 2.22. The van der Waals surface area contributed by atoms with Crippen LogP contribution in [-0.4, -0.2) is 5.75 Å². The molecule has 2 N–H and O–H groups in total. The van der Waals surface area contributed by atoms with E-state index in [0.29, 0.717) is 0 Å². The van der Waals surface area contributed by atoms with Gasteiger partial charge in [0.05, 0.1) is 0 Å². The molecule has 13 heavy (non-hydrogen) atoms. The van der Waals surface area contributed by atoms with Crippen LogP contribution in [0.2, 0.25) is 0 Å². The summed E-state index contributed by atoms with van der Waals surface area (Å²) >= 11 is 4.13. The van der Waals surface area contributed by atoms with Gasteiger partial charge in [-0.25, -0.2) is 0 Å². The first kappa shape index (κ1) is 10.2. The smallest absolute Gasteiger partial charge is 0.0319 e. The van der Waals surface area contributed by atoms with Crippen LogP contribution in [0.25, 0.3) is 6.08 Å². The largest absolute Gasteiger partial charge is 0.399 e. The summed E-state index contributed by atoms with van der Waals surface area (Å²) in [5.41, 5.74) is 10.2. The van der Waals surface area contributed by atoms with Gasteiger partial charge in [0, 0.05) is 11.4 Å². The van der Waals surface area contributed by atoms with Crippen molar-refractivity contribution in [2.75, 3.05) is 11.5 Å². The molecular formula is C11H15NS. The van der Waals surface area contributed by atoms with Crippen molar-refractivity contribution in [3.8, 4) is 0 Å². The van der Waals surface area contributed by atoms with Crippen molar-refractivity contribution in [2.45, 2.75) is 13.8 Å². The van der Waals surface area contributed by atoms with Crippen LogP contribution in [0.1, 0.15) is 16.7 Å². The summed E-state index contributed by atoms with van der Waals surface area (Å²) in [6, 6.07) is 3.98. The normalized spacial score (nSPS) is 11.0. The fourth-order valence-corrected chi connectivity index (χ4v) is 1.55. The van der Waals surface area contributed by atoms with Crippen LogP contribution < -0.4 is 5.73 Å². The van der Waals surface area contributed by atoms with E-state index in [2.05, 4.69) is 32.6 Å². The topological polar surface area (TPSA) is 26.0 Å². The van der Waals surface area contributed by atoms with Crippen LogP contribution in [-0.2, 0) is 0 Å². The molecule has 0 aliphatic carbocycles. The van der Waals surface area contributed by atoms with Crippen molar-refractivity contribution in [1.82, 2.24) is 0 Å². The number of thiol groups is 1. The molecule has 0 unspecified atom stereocenters. The first-order chi connectivity index (χ1) is 6.15. The van der Waals surface area contributed by atoms with Gasteiger partial charge in [0.25, 0.3) is 0 Å². The van der Waals surface area contributed by atoms with E-state index in [9.17, 15) is 0 Å². The van der Waals surface area contributed by atoms with Gasteiger partial charge in [-0.3, -0.25) is 0 Å². The Balaban J connectivity index is 3.13. The molecule has 0 amide bonds. The molecule has 70 valence electrons. The lowest BCUT2D eigenvalue weighted by Crippen LogP contribution is -1.91. The number of nitrogens with two attached hydrogens (primary N) is 1. The number of rotatable bonds is 2. The Morgan fingerprint density at radius 3 is 2.31 bits per heavy atom. The molecule has 0 atom stereocenters. The van der Waals surface area contributed by atoms with Gasteiger partial charge in [-0.1, -0.05) is 12.2 Å². The van der Waals surface area contributed by atoms with E-state index in [1.807, 2.05) is 18.2 Å². The number of hydrogen-bond donors (Lipinski definition) is 2. The van der Waals surface area contributed by atoms with Crippen LogP contribution >= 0.6 is 12.6 Å². The maximum atomic E-state index is 5.72. The Hall–Kier alpha value is -0.890. The second-order valence-electron chi connectivity index (χ2n) is 3.15. The second kappa shape index (κ2) is 4.38. The third-order valence-electron chi connectivity index (χ3n) is 2.01. The van der Waals surface area contributed by atoms with E-state index in [4.69, 9.17) is 5.73 Å². The number of nitrogen functional groups attached to an aromatic ring is 1. The number of benzene rings is 1. The molecule has 1 aromatic rings. The number of anilines is 1. The average Bonchev–Trinajstić information content (AvgIpc) is 2.02. The van der Waals surface area contributed by atoms with Gasteiger partial charge >= 0.3 is 0 Å². The summed E-state index contributed by atoms with van der Waals surface area (Å²) in [4.78, 5) is 0. The molecule has 0 aromatic heterocycles. The van der Waals surface area contributed by atoms with E-state index in [1.54, 1.807) is 0 Å². The summed E-state index contributed by atoms with van der Waals surface area (Å²) in [5.74, 6) is 0.767. The van der Waals surface area contributed by atoms with E-state index in [0.717, 1.165) is 11.4 Å². The van der Waals surface area contributed by atoms with E-state index < -0.39 is 0 Å². The summed E-state index contributed by atoms with van der Waals surface area (Å²) in [5, 5.41) is 0. The fourth-order valence-electron chi connectivity index (χ4n) is 1.44. The van der Waals surface area contributed by atoms with Crippen molar-refractivity contribution < 1.29 is 0 Å². The van der Waals surface area contributed by atoms with Crippen LogP contribution in [0.15, 0.2) is 18.2 Å². The van der Waals surface area contributed by atoms with Gasteiger partial charge in [-0.15, -0.1) is 0 Å².